The standard InChI is InChI=1S/C23H25NO2/c1-26-22-10-8-19-15-21(9-7-20(19)16-22)23(25)11-13-24(14-12-23)17-18-5-3-2-4-6-18/h2-10,15-16,25H,11-14,17H2,1H3. The van der Waals surface area contributed by atoms with E-state index >= 15 is 0 Å². The third kappa shape index (κ3) is 3.46. The van der Waals surface area contributed by atoms with Crippen LogP contribution in [0.25, 0.3) is 10.8 Å². The van der Waals surface area contributed by atoms with Gasteiger partial charge in [-0.1, -0.05) is 48.5 Å². The molecule has 3 aromatic rings. The Morgan fingerprint density at radius 2 is 1.62 bits per heavy atom. The number of benzene rings is 3. The second kappa shape index (κ2) is 7.10. The van der Waals surface area contributed by atoms with E-state index in [1.165, 1.54) is 5.56 Å². The molecule has 0 saturated carbocycles. The molecule has 0 atom stereocenters. The van der Waals surface area contributed by atoms with Crippen LogP contribution in [0.3, 0.4) is 0 Å². The van der Waals surface area contributed by atoms with Crippen molar-refractivity contribution in [3.63, 3.8) is 0 Å². The summed E-state index contributed by atoms with van der Waals surface area (Å²) in [6, 6.07) is 22.9. The van der Waals surface area contributed by atoms with E-state index in [2.05, 4.69) is 53.4 Å². The molecule has 1 saturated heterocycles. The summed E-state index contributed by atoms with van der Waals surface area (Å²) in [4.78, 5) is 2.43. The average Bonchev–Trinajstić information content (AvgIpc) is 2.70. The van der Waals surface area contributed by atoms with E-state index in [1.54, 1.807) is 7.11 Å². The SMILES string of the molecule is COc1ccc2cc(C3(O)CCN(Cc4ccccc4)CC3)ccc2c1. The fraction of sp³-hybridized carbons (Fsp3) is 0.304. The summed E-state index contributed by atoms with van der Waals surface area (Å²) < 4.78 is 5.29. The molecule has 0 spiro atoms. The molecule has 1 N–H and O–H groups in total. The molecule has 0 amide bonds. The van der Waals surface area contributed by atoms with Crippen molar-refractivity contribution in [1.29, 1.82) is 0 Å². The van der Waals surface area contributed by atoms with Crippen molar-refractivity contribution < 1.29 is 9.84 Å². The van der Waals surface area contributed by atoms with Gasteiger partial charge in [0.1, 0.15) is 5.75 Å². The minimum absolute atomic E-state index is 0.735. The molecule has 0 unspecified atom stereocenters. The van der Waals surface area contributed by atoms with Gasteiger partial charge in [0.2, 0.25) is 0 Å². The number of methoxy groups -OCH3 is 1. The topological polar surface area (TPSA) is 32.7 Å². The number of ether oxygens (including phenoxy) is 1. The maximum atomic E-state index is 11.2. The van der Waals surface area contributed by atoms with E-state index in [4.69, 9.17) is 4.74 Å². The van der Waals surface area contributed by atoms with Crippen LogP contribution in [0.5, 0.6) is 5.75 Å². The van der Waals surface area contributed by atoms with Gasteiger partial charge in [0.15, 0.2) is 0 Å². The Bertz CT molecular complexity index is 883. The van der Waals surface area contributed by atoms with Gasteiger partial charge in [0.25, 0.3) is 0 Å². The van der Waals surface area contributed by atoms with E-state index in [0.29, 0.717) is 0 Å². The molecule has 1 fully saturated rings. The lowest BCUT2D eigenvalue weighted by atomic mass is 9.83. The zero-order chi connectivity index (χ0) is 18.0. The number of nitrogens with zero attached hydrogens (tertiary/aromatic N) is 1. The molecule has 1 aliphatic rings. The van der Waals surface area contributed by atoms with E-state index in [9.17, 15) is 5.11 Å². The van der Waals surface area contributed by atoms with Gasteiger partial charge < -0.3 is 9.84 Å². The third-order valence-electron chi connectivity index (χ3n) is 5.52. The van der Waals surface area contributed by atoms with Gasteiger partial charge in [-0.3, -0.25) is 4.90 Å². The quantitative estimate of drug-likeness (QED) is 0.762. The first-order valence-corrected chi connectivity index (χ1v) is 9.23. The second-order valence-corrected chi connectivity index (χ2v) is 7.22. The summed E-state index contributed by atoms with van der Waals surface area (Å²) in [6.45, 7) is 2.77. The zero-order valence-corrected chi connectivity index (χ0v) is 15.2. The maximum absolute atomic E-state index is 11.2. The molecule has 134 valence electrons. The predicted molar refractivity (Wildman–Crippen MR) is 105 cm³/mol. The van der Waals surface area contributed by atoms with E-state index in [1.807, 2.05) is 18.2 Å². The number of likely N-dealkylation sites (tertiary alicyclic amines) is 1. The van der Waals surface area contributed by atoms with Crippen LogP contribution in [-0.2, 0) is 12.1 Å². The molecule has 0 radical (unpaired) electrons. The lowest BCUT2D eigenvalue weighted by Gasteiger charge is -2.38. The molecule has 0 aromatic heterocycles. The summed E-state index contributed by atoms with van der Waals surface area (Å²) in [5.41, 5.74) is 1.62. The summed E-state index contributed by atoms with van der Waals surface area (Å²) >= 11 is 0. The Hall–Kier alpha value is -2.36. The van der Waals surface area contributed by atoms with Crippen LogP contribution in [0.4, 0.5) is 0 Å². The average molecular weight is 347 g/mol. The minimum Gasteiger partial charge on any atom is -0.497 e. The normalized spacial score (nSPS) is 17.3. The fourth-order valence-corrected chi connectivity index (χ4v) is 3.85. The molecule has 0 aliphatic carbocycles. The van der Waals surface area contributed by atoms with Crippen LogP contribution >= 0.6 is 0 Å². The summed E-state index contributed by atoms with van der Waals surface area (Å²) in [5.74, 6) is 0.859. The molecule has 4 rings (SSSR count). The molecule has 3 aromatic carbocycles. The van der Waals surface area contributed by atoms with Crippen LogP contribution in [0.15, 0.2) is 66.7 Å². The monoisotopic (exact) mass is 347 g/mol. The summed E-state index contributed by atoms with van der Waals surface area (Å²) in [5, 5.41) is 13.5. The van der Waals surface area contributed by atoms with Crippen LogP contribution in [0, 0.1) is 0 Å². The number of hydrogen-bond donors (Lipinski definition) is 1. The number of hydrogen-bond acceptors (Lipinski definition) is 3. The Morgan fingerprint density at radius 1 is 0.923 bits per heavy atom. The Morgan fingerprint density at radius 3 is 2.35 bits per heavy atom. The van der Waals surface area contributed by atoms with Crippen LogP contribution in [0.2, 0.25) is 0 Å². The first kappa shape index (κ1) is 17.1. The predicted octanol–water partition coefficient (Wildman–Crippen LogP) is 4.33. The number of fused-ring (bicyclic) bond motifs is 1. The maximum Gasteiger partial charge on any atom is 0.119 e. The number of aliphatic hydroxyl groups is 1. The van der Waals surface area contributed by atoms with Crippen molar-refractivity contribution in [2.45, 2.75) is 25.0 Å². The van der Waals surface area contributed by atoms with Gasteiger partial charge in [-0.25, -0.2) is 0 Å². The molecule has 1 heterocycles. The van der Waals surface area contributed by atoms with Crippen molar-refractivity contribution >= 4 is 10.8 Å². The Kier molecular flexibility index (Phi) is 4.66. The van der Waals surface area contributed by atoms with Gasteiger partial charge >= 0.3 is 0 Å². The third-order valence-corrected chi connectivity index (χ3v) is 5.52. The zero-order valence-electron chi connectivity index (χ0n) is 15.2. The lowest BCUT2D eigenvalue weighted by molar-refractivity contribution is -0.0276. The molecular weight excluding hydrogens is 322 g/mol. The van der Waals surface area contributed by atoms with E-state index in [0.717, 1.165) is 54.6 Å². The van der Waals surface area contributed by atoms with Crippen LogP contribution < -0.4 is 4.74 Å². The van der Waals surface area contributed by atoms with Crippen molar-refractivity contribution in [3.8, 4) is 5.75 Å². The van der Waals surface area contributed by atoms with Crippen molar-refractivity contribution in [2.24, 2.45) is 0 Å². The molecule has 3 heteroatoms. The highest BCUT2D eigenvalue weighted by Crippen LogP contribution is 2.35. The van der Waals surface area contributed by atoms with Crippen LogP contribution in [0.1, 0.15) is 24.0 Å². The second-order valence-electron chi connectivity index (χ2n) is 7.22. The molecule has 0 bridgehead atoms. The minimum atomic E-state index is -0.735. The molecule has 1 aliphatic heterocycles. The van der Waals surface area contributed by atoms with Gasteiger partial charge in [-0.2, -0.15) is 0 Å². The summed E-state index contributed by atoms with van der Waals surface area (Å²) in [7, 11) is 1.68. The van der Waals surface area contributed by atoms with E-state index < -0.39 is 5.60 Å². The first-order valence-electron chi connectivity index (χ1n) is 9.23. The highest BCUT2D eigenvalue weighted by atomic mass is 16.5. The number of rotatable bonds is 4. The van der Waals surface area contributed by atoms with Gasteiger partial charge in [-0.05, 0) is 52.9 Å². The molecule has 26 heavy (non-hydrogen) atoms. The molecule has 3 nitrogen and oxygen atoms in total. The largest absolute Gasteiger partial charge is 0.497 e. The van der Waals surface area contributed by atoms with E-state index in [-0.39, 0.29) is 0 Å². The Labute approximate surface area is 154 Å². The van der Waals surface area contributed by atoms with Gasteiger partial charge in [-0.15, -0.1) is 0 Å². The first-order chi connectivity index (χ1) is 12.7. The Balaban J connectivity index is 1.48. The van der Waals surface area contributed by atoms with Crippen LogP contribution in [-0.4, -0.2) is 30.2 Å². The van der Waals surface area contributed by atoms with Crippen molar-refractivity contribution in [3.05, 3.63) is 77.9 Å². The number of piperidine rings is 1. The van der Waals surface area contributed by atoms with Gasteiger partial charge in [0.05, 0.1) is 12.7 Å². The van der Waals surface area contributed by atoms with Crippen molar-refractivity contribution in [1.82, 2.24) is 4.90 Å². The lowest BCUT2D eigenvalue weighted by Crippen LogP contribution is -2.42. The fourth-order valence-electron chi connectivity index (χ4n) is 3.85. The highest BCUT2D eigenvalue weighted by Gasteiger charge is 2.34. The molecular formula is C23H25NO2. The smallest absolute Gasteiger partial charge is 0.119 e. The van der Waals surface area contributed by atoms with Gasteiger partial charge in [0, 0.05) is 19.6 Å². The summed E-state index contributed by atoms with van der Waals surface area (Å²) in [6.07, 6.45) is 1.53. The highest BCUT2D eigenvalue weighted by molar-refractivity contribution is 5.84. The van der Waals surface area contributed by atoms with Crippen molar-refractivity contribution in [2.75, 3.05) is 20.2 Å².